The van der Waals surface area contributed by atoms with Gasteiger partial charge >= 0.3 is 0 Å². The third-order valence-electron chi connectivity index (χ3n) is 5.50. The summed E-state index contributed by atoms with van der Waals surface area (Å²) in [6.45, 7) is 2.46. The molecule has 9 nitrogen and oxygen atoms in total. The summed E-state index contributed by atoms with van der Waals surface area (Å²) < 4.78 is 59.2. The highest BCUT2D eigenvalue weighted by molar-refractivity contribution is 7.91. The van der Waals surface area contributed by atoms with E-state index in [1.165, 1.54) is 8.61 Å². The summed E-state index contributed by atoms with van der Waals surface area (Å²) >= 11 is 1.10. The van der Waals surface area contributed by atoms with Gasteiger partial charge in [0.25, 0.3) is 10.0 Å². The number of hydrogen-bond acceptors (Lipinski definition) is 7. The first-order valence-corrected chi connectivity index (χ1v) is 14.0. The molecule has 0 saturated carbocycles. The predicted octanol–water partition coefficient (Wildman–Crippen LogP) is 0.845. The third kappa shape index (κ3) is 4.90. The van der Waals surface area contributed by atoms with Crippen LogP contribution >= 0.6 is 11.3 Å². The number of nitrogens with zero attached hydrogens (tertiary/aromatic N) is 3. The molecule has 0 unspecified atom stereocenters. The molecular weight excluding hydrogens is 474 g/mol. The summed E-state index contributed by atoms with van der Waals surface area (Å²) in [5.41, 5.74) is 0. The molecule has 0 N–H and O–H groups in total. The van der Waals surface area contributed by atoms with Gasteiger partial charge < -0.3 is 9.64 Å². The number of ether oxygens (including phenoxy) is 1. The van der Waals surface area contributed by atoms with Crippen LogP contribution in [-0.2, 0) is 36.0 Å². The summed E-state index contributed by atoms with van der Waals surface area (Å²) in [7, 11) is -7.15. The van der Waals surface area contributed by atoms with Crippen molar-refractivity contribution in [3.63, 3.8) is 0 Å². The van der Waals surface area contributed by atoms with E-state index < -0.39 is 20.0 Å². The van der Waals surface area contributed by atoms with Crippen molar-refractivity contribution in [3.8, 4) is 0 Å². The van der Waals surface area contributed by atoms with Gasteiger partial charge in [-0.1, -0.05) is 18.2 Å². The number of benzene rings is 1. The van der Waals surface area contributed by atoms with Gasteiger partial charge in [-0.15, -0.1) is 11.3 Å². The van der Waals surface area contributed by atoms with E-state index in [4.69, 9.17) is 4.74 Å². The maximum atomic E-state index is 12.8. The fourth-order valence-corrected chi connectivity index (χ4v) is 8.04. The van der Waals surface area contributed by atoms with Crippen LogP contribution in [0.3, 0.4) is 0 Å². The zero-order valence-electron chi connectivity index (χ0n) is 17.4. The van der Waals surface area contributed by atoms with E-state index in [0.717, 1.165) is 11.3 Å². The number of thiophene rings is 1. The number of hydrogen-bond donors (Lipinski definition) is 0. The first kappa shape index (κ1) is 23.3. The van der Waals surface area contributed by atoms with Gasteiger partial charge in [0.15, 0.2) is 0 Å². The molecule has 3 heterocycles. The number of rotatable bonds is 6. The zero-order chi connectivity index (χ0) is 22.8. The molecule has 2 aromatic rings. The SMILES string of the molecule is O=C(Cc1ccc(S(=O)(=O)N2CCOCC2)s1)N1CCN(S(=O)(=O)c2ccccc2)CC1. The number of piperazine rings is 1. The Kier molecular flexibility index (Phi) is 6.98. The highest BCUT2D eigenvalue weighted by Gasteiger charge is 2.31. The second kappa shape index (κ2) is 9.57. The van der Waals surface area contributed by atoms with Crippen molar-refractivity contribution in [2.75, 3.05) is 52.5 Å². The molecule has 32 heavy (non-hydrogen) atoms. The standard InChI is InChI=1S/C20H25N3O6S3/c24-19(16-17-6-7-20(30-17)32(27,28)23-12-14-29-15-13-23)21-8-10-22(11-9-21)31(25,26)18-4-2-1-3-5-18/h1-7H,8-16H2. The molecular formula is C20H25N3O6S3. The van der Waals surface area contributed by atoms with Crippen LogP contribution < -0.4 is 0 Å². The molecule has 12 heteroatoms. The minimum atomic E-state index is -3.58. The highest BCUT2D eigenvalue weighted by atomic mass is 32.2. The molecule has 0 aliphatic carbocycles. The summed E-state index contributed by atoms with van der Waals surface area (Å²) in [5, 5.41) is 0. The van der Waals surface area contributed by atoms with E-state index in [-0.39, 0.29) is 34.5 Å². The third-order valence-corrected chi connectivity index (χ3v) is 10.9. The van der Waals surface area contributed by atoms with Crippen LogP contribution in [0.25, 0.3) is 0 Å². The van der Waals surface area contributed by atoms with Gasteiger partial charge in [-0.2, -0.15) is 8.61 Å². The van der Waals surface area contributed by atoms with Gasteiger partial charge in [-0.05, 0) is 24.3 Å². The predicted molar refractivity (Wildman–Crippen MR) is 119 cm³/mol. The molecule has 1 aromatic carbocycles. The number of morpholine rings is 1. The van der Waals surface area contributed by atoms with Crippen LogP contribution in [0.5, 0.6) is 0 Å². The van der Waals surface area contributed by atoms with Gasteiger partial charge in [0.1, 0.15) is 4.21 Å². The molecule has 2 saturated heterocycles. The molecule has 1 aromatic heterocycles. The van der Waals surface area contributed by atoms with Gasteiger partial charge in [-0.25, -0.2) is 16.8 Å². The van der Waals surface area contributed by atoms with Crippen molar-refractivity contribution < 1.29 is 26.4 Å². The average molecular weight is 500 g/mol. The molecule has 0 bridgehead atoms. The maximum absolute atomic E-state index is 12.8. The minimum Gasteiger partial charge on any atom is -0.379 e. The summed E-state index contributed by atoms with van der Waals surface area (Å²) in [6, 6.07) is 11.5. The first-order chi connectivity index (χ1) is 15.3. The topological polar surface area (TPSA) is 104 Å². The van der Waals surface area contributed by atoms with Crippen molar-refractivity contribution in [1.82, 2.24) is 13.5 Å². The first-order valence-electron chi connectivity index (χ1n) is 10.3. The van der Waals surface area contributed by atoms with Crippen LogP contribution in [0.15, 0.2) is 51.6 Å². The molecule has 2 aliphatic rings. The molecule has 0 radical (unpaired) electrons. The Bertz CT molecular complexity index is 1150. The molecule has 174 valence electrons. The lowest BCUT2D eigenvalue weighted by Gasteiger charge is -2.34. The lowest BCUT2D eigenvalue weighted by molar-refractivity contribution is -0.131. The number of carbonyl (C=O) groups excluding carboxylic acids is 1. The van der Waals surface area contributed by atoms with E-state index >= 15 is 0 Å². The van der Waals surface area contributed by atoms with E-state index in [1.807, 2.05) is 0 Å². The van der Waals surface area contributed by atoms with Crippen molar-refractivity contribution >= 4 is 37.3 Å². The van der Waals surface area contributed by atoms with Gasteiger partial charge in [0.05, 0.1) is 24.5 Å². The monoisotopic (exact) mass is 499 g/mol. The molecule has 0 atom stereocenters. The van der Waals surface area contributed by atoms with Crippen LogP contribution in [-0.4, -0.2) is 88.7 Å². The van der Waals surface area contributed by atoms with Crippen molar-refractivity contribution in [3.05, 3.63) is 47.3 Å². The Labute approximate surface area is 192 Å². The Hall–Kier alpha value is -1.83. The van der Waals surface area contributed by atoms with Crippen LogP contribution in [0, 0.1) is 0 Å². The Morgan fingerprint density at radius 3 is 2.09 bits per heavy atom. The molecule has 2 fully saturated rings. The summed E-state index contributed by atoms with van der Waals surface area (Å²) in [5.74, 6) is -0.140. The minimum absolute atomic E-state index is 0.0920. The lowest BCUT2D eigenvalue weighted by Crippen LogP contribution is -2.50. The normalized spacial score (nSPS) is 19.2. The largest absolute Gasteiger partial charge is 0.379 e. The van der Waals surface area contributed by atoms with E-state index in [9.17, 15) is 21.6 Å². The van der Waals surface area contributed by atoms with E-state index in [2.05, 4.69) is 0 Å². The molecule has 2 aliphatic heterocycles. The Morgan fingerprint density at radius 1 is 0.812 bits per heavy atom. The maximum Gasteiger partial charge on any atom is 0.252 e. The fraction of sp³-hybridized carbons (Fsp3) is 0.450. The van der Waals surface area contributed by atoms with Gasteiger partial charge in [0, 0.05) is 44.1 Å². The van der Waals surface area contributed by atoms with Crippen LogP contribution in [0.2, 0.25) is 0 Å². The quantitative estimate of drug-likeness (QED) is 0.584. The Morgan fingerprint density at radius 2 is 1.44 bits per heavy atom. The van der Waals surface area contributed by atoms with Gasteiger partial charge in [-0.3, -0.25) is 4.79 Å². The molecule has 1 amide bonds. The summed E-state index contributed by atoms with van der Waals surface area (Å²) in [4.78, 5) is 15.3. The smallest absolute Gasteiger partial charge is 0.252 e. The number of carbonyl (C=O) groups is 1. The van der Waals surface area contributed by atoms with E-state index in [1.54, 1.807) is 47.4 Å². The molecule has 4 rings (SSSR count). The van der Waals surface area contributed by atoms with Crippen molar-refractivity contribution in [2.45, 2.75) is 15.5 Å². The second-order valence-electron chi connectivity index (χ2n) is 7.51. The number of sulfonamides is 2. The Balaban J connectivity index is 1.35. The fourth-order valence-electron chi connectivity index (χ4n) is 3.69. The van der Waals surface area contributed by atoms with E-state index in [0.29, 0.717) is 44.3 Å². The number of amides is 1. The van der Waals surface area contributed by atoms with Gasteiger partial charge in [0.2, 0.25) is 15.9 Å². The second-order valence-corrected chi connectivity index (χ2v) is 12.8. The van der Waals surface area contributed by atoms with Crippen LogP contribution in [0.1, 0.15) is 4.88 Å². The summed E-state index contributed by atoms with van der Waals surface area (Å²) in [6.07, 6.45) is 0.0920. The highest BCUT2D eigenvalue weighted by Crippen LogP contribution is 2.26. The van der Waals surface area contributed by atoms with Crippen molar-refractivity contribution in [2.24, 2.45) is 0 Å². The average Bonchev–Trinajstić information content (AvgIpc) is 3.29. The van der Waals surface area contributed by atoms with Crippen LogP contribution in [0.4, 0.5) is 0 Å². The van der Waals surface area contributed by atoms with Crippen molar-refractivity contribution in [1.29, 1.82) is 0 Å². The molecule has 0 spiro atoms. The lowest BCUT2D eigenvalue weighted by atomic mass is 10.3. The zero-order valence-corrected chi connectivity index (χ0v) is 19.9.